The van der Waals surface area contributed by atoms with Crippen LogP contribution in [0.15, 0.2) is 18.5 Å². The topological polar surface area (TPSA) is 45.2 Å². The molecule has 60 valence electrons. The van der Waals surface area contributed by atoms with Gasteiger partial charge >= 0.3 is 0 Å². The standard InChI is InChI=1S/C8H12N2O/c1-6(2)10-7-3-8(11)5-9-4-7/h3-6,10-11H,1-2H3. The van der Waals surface area contributed by atoms with Gasteiger partial charge in [-0.2, -0.15) is 0 Å². The first-order chi connectivity index (χ1) is 5.18. The molecule has 1 heterocycles. The van der Waals surface area contributed by atoms with Gasteiger partial charge in [-0.3, -0.25) is 4.98 Å². The maximum Gasteiger partial charge on any atom is 0.135 e. The van der Waals surface area contributed by atoms with Crippen LogP contribution in [0.2, 0.25) is 0 Å². The van der Waals surface area contributed by atoms with Crippen molar-refractivity contribution in [1.82, 2.24) is 4.98 Å². The molecule has 0 saturated carbocycles. The third-order valence-electron chi connectivity index (χ3n) is 1.18. The van der Waals surface area contributed by atoms with Crippen LogP contribution in [0.4, 0.5) is 5.69 Å². The second-order valence-electron chi connectivity index (χ2n) is 2.73. The molecule has 2 N–H and O–H groups in total. The first-order valence-electron chi connectivity index (χ1n) is 3.59. The van der Waals surface area contributed by atoms with Crippen LogP contribution in [-0.2, 0) is 0 Å². The molecule has 0 radical (unpaired) electrons. The van der Waals surface area contributed by atoms with Gasteiger partial charge in [-0.25, -0.2) is 0 Å². The molecule has 0 amide bonds. The van der Waals surface area contributed by atoms with Gasteiger partial charge in [0.15, 0.2) is 0 Å². The lowest BCUT2D eigenvalue weighted by Crippen LogP contribution is -2.09. The molecule has 1 rings (SSSR count). The van der Waals surface area contributed by atoms with Gasteiger partial charge in [-0.1, -0.05) is 0 Å². The Balaban J connectivity index is 2.71. The van der Waals surface area contributed by atoms with Gasteiger partial charge in [0, 0.05) is 12.1 Å². The van der Waals surface area contributed by atoms with E-state index in [4.69, 9.17) is 5.11 Å². The predicted molar refractivity (Wildman–Crippen MR) is 44.7 cm³/mol. The maximum atomic E-state index is 9.02. The number of nitrogens with one attached hydrogen (secondary N) is 1. The Labute approximate surface area is 66.1 Å². The molecule has 0 aromatic carbocycles. The molecule has 3 nitrogen and oxygen atoms in total. The molecule has 3 heteroatoms. The van der Waals surface area contributed by atoms with E-state index in [-0.39, 0.29) is 5.75 Å². The van der Waals surface area contributed by atoms with Gasteiger partial charge in [0.1, 0.15) is 5.75 Å². The Morgan fingerprint density at radius 2 is 2.18 bits per heavy atom. The molecule has 0 aliphatic carbocycles. The molecular weight excluding hydrogens is 140 g/mol. The average molecular weight is 152 g/mol. The lowest BCUT2D eigenvalue weighted by Gasteiger charge is -2.08. The van der Waals surface area contributed by atoms with Gasteiger partial charge in [-0.15, -0.1) is 0 Å². The van der Waals surface area contributed by atoms with Crippen molar-refractivity contribution in [1.29, 1.82) is 0 Å². The van der Waals surface area contributed by atoms with E-state index in [9.17, 15) is 0 Å². The van der Waals surface area contributed by atoms with E-state index in [1.165, 1.54) is 6.20 Å². The van der Waals surface area contributed by atoms with E-state index in [0.29, 0.717) is 6.04 Å². The summed E-state index contributed by atoms with van der Waals surface area (Å²) in [6, 6.07) is 2.01. The second-order valence-corrected chi connectivity index (χ2v) is 2.73. The Bertz CT molecular complexity index is 235. The highest BCUT2D eigenvalue weighted by molar-refractivity contribution is 5.45. The summed E-state index contributed by atoms with van der Waals surface area (Å²) in [7, 11) is 0. The summed E-state index contributed by atoms with van der Waals surface area (Å²) in [6.45, 7) is 4.06. The van der Waals surface area contributed by atoms with Crippen LogP contribution in [0, 0.1) is 0 Å². The molecule has 1 aromatic rings. The van der Waals surface area contributed by atoms with Crippen LogP contribution < -0.4 is 5.32 Å². The molecule has 0 spiro atoms. The molecule has 0 aliphatic rings. The third kappa shape index (κ3) is 2.45. The predicted octanol–water partition coefficient (Wildman–Crippen LogP) is 1.61. The number of aromatic nitrogens is 1. The van der Waals surface area contributed by atoms with Crippen molar-refractivity contribution >= 4 is 5.69 Å². The van der Waals surface area contributed by atoms with Crippen molar-refractivity contribution in [3.8, 4) is 5.75 Å². The van der Waals surface area contributed by atoms with E-state index in [1.54, 1.807) is 12.3 Å². The van der Waals surface area contributed by atoms with Crippen molar-refractivity contribution in [3.63, 3.8) is 0 Å². The van der Waals surface area contributed by atoms with Crippen molar-refractivity contribution in [2.45, 2.75) is 19.9 Å². The van der Waals surface area contributed by atoms with Crippen LogP contribution in [0.5, 0.6) is 5.75 Å². The Kier molecular flexibility index (Phi) is 2.31. The highest BCUT2D eigenvalue weighted by Crippen LogP contribution is 2.13. The summed E-state index contributed by atoms with van der Waals surface area (Å²) in [5.74, 6) is 0.190. The van der Waals surface area contributed by atoms with Crippen LogP contribution in [0.3, 0.4) is 0 Å². The zero-order valence-corrected chi connectivity index (χ0v) is 6.70. The minimum absolute atomic E-state index is 0.190. The molecular formula is C8H12N2O. The summed E-state index contributed by atoms with van der Waals surface area (Å²) < 4.78 is 0. The summed E-state index contributed by atoms with van der Waals surface area (Å²) in [6.07, 6.45) is 3.09. The minimum atomic E-state index is 0.190. The second kappa shape index (κ2) is 3.23. The van der Waals surface area contributed by atoms with Crippen molar-refractivity contribution in [3.05, 3.63) is 18.5 Å². The fourth-order valence-corrected chi connectivity index (χ4v) is 0.840. The van der Waals surface area contributed by atoms with Crippen molar-refractivity contribution < 1.29 is 5.11 Å². The molecule has 0 atom stereocenters. The normalized spacial score (nSPS) is 10.1. The number of aromatic hydroxyl groups is 1. The molecule has 11 heavy (non-hydrogen) atoms. The number of pyridine rings is 1. The van der Waals surface area contributed by atoms with Crippen LogP contribution in [0.1, 0.15) is 13.8 Å². The van der Waals surface area contributed by atoms with Gasteiger partial charge in [0.25, 0.3) is 0 Å². The van der Waals surface area contributed by atoms with Gasteiger partial charge in [0.2, 0.25) is 0 Å². The molecule has 0 bridgehead atoms. The third-order valence-corrected chi connectivity index (χ3v) is 1.18. The summed E-state index contributed by atoms with van der Waals surface area (Å²) >= 11 is 0. The van der Waals surface area contributed by atoms with E-state index in [2.05, 4.69) is 10.3 Å². The highest BCUT2D eigenvalue weighted by Gasteiger charge is 1.95. The fraction of sp³-hybridized carbons (Fsp3) is 0.375. The Morgan fingerprint density at radius 3 is 2.73 bits per heavy atom. The van der Waals surface area contributed by atoms with Crippen molar-refractivity contribution in [2.24, 2.45) is 0 Å². The first kappa shape index (κ1) is 7.85. The van der Waals surface area contributed by atoms with Crippen LogP contribution in [0.25, 0.3) is 0 Å². The minimum Gasteiger partial charge on any atom is -0.506 e. The number of hydrogen-bond donors (Lipinski definition) is 2. The highest BCUT2D eigenvalue weighted by atomic mass is 16.3. The fourth-order valence-electron chi connectivity index (χ4n) is 0.840. The van der Waals surface area contributed by atoms with Gasteiger partial charge in [-0.05, 0) is 13.8 Å². The lowest BCUT2D eigenvalue weighted by atomic mass is 10.3. The Hall–Kier alpha value is -1.25. The lowest BCUT2D eigenvalue weighted by molar-refractivity contribution is 0.473. The molecule has 0 unspecified atom stereocenters. The number of rotatable bonds is 2. The molecule has 0 fully saturated rings. The van der Waals surface area contributed by atoms with E-state index in [0.717, 1.165) is 5.69 Å². The van der Waals surface area contributed by atoms with E-state index < -0.39 is 0 Å². The SMILES string of the molecule is CC(C)Nc1cncc(O)c1. The number of anilines is 1. The largest absolute Gasteiger partial charge is 0.506 e. The quantitative estimate of drug-likeness (QED) is 0.676. The smallest absolute Gasteiger partial charge is 0.135 e. The van der Waals surface area contributed by atoms with E-state index in [1.807, 2.05) is 13.8 Å². The van der Waals surface area contributed by atoms with E-state index >= 15 is 0 Å². The molecule has 0 saturated heterocycles. The summed E-state index contributed by atoms with van der Waals surface area (Å²) in [4.78, 5) is 3.82. The number of nitrogens with zero attached hydrogens (tertiary/aromatic N) is 1. The monoisotopic (exact) mass is 152 g/mol. The van der Waals surface area contributed by atoms with Crippen LogP contribution in [-0.4, -0.2) is 16.1 Å². The maximum absolute atomic E-state index is 9.02. The zero-order valence-electron chi connectivity index (χ0n) is 6.70. The molecule has 0 aliphatic heterocycles. The van der Waals surface area contributed by atoms with Crippen molar-refractivity contribution in [2.75, 3.05) is 5.32 Å². The van der Waals surface area contributed by atoms with Crippen LogP contribution >= 0.6 is 0 Å². The van der Waals surface area contributed by atoms with Gasteiger partial charge < -0.3 is 10.4 Å². The van der Waals surface area contributed by atoms with Gasteiger partial charge in [0.05, 0.1) is 18.1 Å². The summed E-state index contributed by atoms with van der Waals surface area (Å²) in [5, 5.41) is 12.1. The number of hydrogen-bond acceptors (Lipinski definition) is 3. The molecule has 1 aromatic heterocycles. The first-order valence-corrected chi connectivity index (χ1v) is 3.59. The summed E-state index contributed by atoms with van der Waals surface area (Å²) in [5.41, 5.74) is 0.847. The Morgan fingerprint density at radius 1 is 1.45 bits per heavy atom. The average Bonchev–Trinajstić information content (AvgIpc) is 1.85. The zero-order chi connectivity index (χ0) is 8.27.